The van der Waals surface area contributed by atoms with E-state index in [1.165, 1.54) is 4.90 Å². The number of nitrogens with zero attached hydrogens (tertiary/aromatic N) is 1. The van der Waals surface area contributed by atoms with Crippen molar-refractivity contribution in [2.75, 3.05) is 34.0 Å². The number of carboxylic acid groups (broad SMARTS) is 1. The van der Waals surface area contributed by atoms with Crippen LogP contribution in [0.5, 0.6) is 0 Å². The SMILES string of the molecule is COCCN(C(=O)N[C@@H](C(=O)O)C(C)(C)C)C(C)COC. The van der Waals surface area contributed by atoms with Gasteiger partial charge in [-0.15, -0.1) is 0 Å². The van der Waals surface area contributed by atoms with Crippen molar-refractivity contribution in [3.05, 3.63) is 0 Å². The maximum Gasteiger partial charge on any atom is 0.326 e. The average Bonchev–Trinajstić information content (AvgIpc) is 2.35. The molecule has 0 aliphatic heterocycles. The van der Waals surface area contributed by atoms with E-state index in [0.717, 1.165) is 0 Å². The van der Waals surface area contributed by atoms with E-state index in [2.05, 4.69) is 5.32 Å². The van der Waals surface area contributed by atoms with Crippen molar-refractivity contribution in [1.82, 2.24) is 10.2 Å². The highest BCUT2D eigenvalue weighted by atomic mass is 16.5. The Morgan fingerprint density at radius 3 is 2.19 bits per heavy atom. The lowest BCUT2D eigenvalue weighted by atomic mass is 9.87. The molecule has 2 amide bonds. The van der Waals surface area contributed by atoms with E-state index in [1.54, 1.807) is 35.0 Å². The summed E-state index contributed by atoms with van der Waals surface area (Å²) < 4.78 is 10.0. The molecular formula is C14H28N2O5. The molecule has 0 fully saturated rings. The van der Waals surface area contributed by atoms with Gasteiger partial charge in [0, 0.05) is 20.8 Å². The third-order valence-electron chi connectivity index (χ3n) is 3.12. The molecule has 2 atom stereocenters. The molecule has 7 nitrogen and oxygen atoms in total. The van der Waals surface area contributed by atoms with Crippen molar-refractivity contribution in [2.45, 2.75) is 39.8 Å². The van der Waals surface area contributed by atoms with Crippen LogP contribution in [0.3, 0.4) is 0 Å². The van der Waals surface area contributed by atoms with Gasteiger partial charge in [-0.2, -0.15) is 0 Å². The molecule has 0 aromatic carbocycles. The lowest BCUT2D eigenvalue weighted by Gasteiger charge is -2.33. The first-order valence-corrected chi connectivity index (χ1v) is 6.93. The Balaban J connectivity index is 4.97. The fraction of sp³-hybridized carbons (Fsp3) is 0.857. The van der Waals surface area contributed by atoms with Crippen molar-refractivity contribution in [1.29, 1.82) is 0 Å². The molecule has 0 aromatic heterocycles. The summed E-state index contributed by atoms with van der Waals surface area (Å²) in [5, 5.41) is 11.9. The number of carboxylic acids is 1. The zero-order chi connectivity index (χ0) is 16.6. The highest BCUT2D eigenvalue weighted by Crippen LogP contribution is 2.20. The maximum absolute atomic E-state index is 12.4. The number of hydrogen-bond acceptors (Lipinski definition) is 4. The van der Waals surface area contributed by atoms with Gasteiger partial charge in [0.1, 0.15) is 6.04 Å². The number of aliphatic carboxylic acids is 1. The minimum absolute atomic E-state index is 0.181. The molecule has 0 bridgehead atoms. The highest BCUT2D eigenvalue weighted by molar-refractivity contribution is 5.83. The van der Waals surface area contributed by atoms with Crippen LogP contribution in [0.25, 0.3) is 0 Å². The molecule has 0 radical (unpaired) electrons. The number of ether oxygens (including phenoxy) is 2. The predicted molar refractivity (Wildman–Crippen MR) is 79.3 cm³/mol. The van der Waals surface area contributed by atoms with E-state index < -0.39 is 23.5 Å². The van der Waals surface area contributed by atoms with Crippen LogP contribution >= 0.6 is 0 Å². The number of methoxy groups -OCH3 is 2. The van der Waals surface area contributed by atoms with Crippen LogP contribution in [-0.2, 0) is 14.3 Å². The molecule has 0 aliphatic rings. The first-order valence-electron chi connectivity index (χ1n) is 6.93. The molecule has 21 heavy (non-hydrogen) atoms. The summed E-state index contributed by atoms with van der Waals surface area (Å²) >= 11 is 0. The molecule has 0 spiro atoms. The van der Waals surface area contributed by atoms with Crippen LogP contribution in [0.15, 0.2) is 0 Å². The van der Waals surface area contributed by atoms with Crippen LogP contribution in [0.4, 0.5) is 4.79 Å². The van der Waals surface area contributed by atoms with E-state index >= 15 is 0 Å². The van der Waals surface area contributed by atoms with Crippen molar-refractivity contribution in [3.8, 4) is 0 Å². The standard InChI is InChI=1S/C14H28N2O5/c1-10(9-21-6)16(7-8-20-5)13(19)15-11(12(17)18)14(2,3)4/h10-11H,7-9H2,1-6H3,(H,15,19)(H,17,18)/t10?,11-/m0/s1. The first-order chi connectivity index (χ1) is 9.65. The minimum atomic E-state index is -1.05. The van der Waals surface area contributed by atoms with Crippen molar-refractivity contribution < 1.29 is 24.2 Å². The van der Waals surface area contributed by atoms with Gasteiger partial charge in [0.25, 0.3) is 0 Å². The summed E-state index contributed by atoms with van der Waals surface area (Å²) in [5.41, 5.74) is -0.584. The summed E-state index contributed by atoms with van der Waals surface area (Å²) in [6.07, 6.45) is 0. The summed E-state index contributed by atoms with van der Waals surface area (Å²) in [5.74, 6) is -1.05. The van der Waals surface area contributed by atoms with Crippen LogP contribution in [0, 0.1) is 5.41 Å². The van der Waals surface area contributed by atoms with Gasteiger partial charge in [0.2, 0.25) is 0 Å². The molecule has 2 N–H and O–H groups in total. The molecule has 0 rings (SSSR count). The van der Waals surface area contributed by atoms with Gasteiger partial charge in [-0.05, 0) is 12.3 Å². The van der Waals surface area contributed by atoms with E-state index in [-0.39, 0.29) is 6.04 Å². The van der Waals surface area contributed by atoms with Crippen LogP contribution in [0.2, 0.25) is 0 Å². The number of carbonyl (C=O) groups is 2. The predicted octanol–water partition coefficient (Wildman–Crippen LogP) is 1.18. The molecule has 1 unspecified atom stereocenters. The Hall–Kier alpha value is -1.34. The third-order valence-corrected chi connectivity index (χ3v) is 3.12. The molecule has 0 saturated carbocycles. The Kier molecular flexibility index (Phi) is 8.27. The van der Waals surface area contributed by atoms with Gasteiger partial charge in [-0.25, -0.2) is 9.59 Å². The zero-order valence-electron chi connectivity index (χ0n) is 13.8. The number of rotatable bonds is 8. The summed E-state index contributed by atoms with van der Waals surface area (Å²) in [7, 11) is 3.10. The number of carbonyl (C=O) groups excluding carboxylic acids is 1. The second kappa shape index (κ2) is 8.84. The first kappa shape index (κ1) is 19.7. The fourth-order valence-electron chi connectivity index (χ4n) is 1.90. The number of hydrogen-bond donors (Lipinski definition) is 2. The molecule has 0 heterocycles. The van der Waals surface area contributed by atoms with E-state index in [4.69, 9.17) is 9.47 Å². The van der Waals surface area contributed by atoms with Gasteiger partial charge < -0.3 is 24.8 Å². The topological polar surface area (TPSA) is 88.1 Å². The molecule has 0 aliphatic carbocycles. The summed E-state index contributed by atoms with van der Waals surface area (Å²) in [6.45, 7) is 8.24. The molecule has 0 saturated heterocycles. The molecular weight excluding hydrogens is 276 g/mol. The lowest BCUT2D eigenvalue weighted by molar-refractivity contribution is -0.142. The van der Waals surface area contributed by atoms with E-state index in [0.29, 0.717) is 19.8 Å². The molecule has 0 aromatic rings. The van der Waals surface area contributed by atoms with Crippen molar-refractivity contribution >= 4 is 12.0 Å². The summed E-state index contributed by atoms with van der Waals surface area (Å²) in [6, 6.07) is -1.58. The number of amides is 2. The second-order valence-corrected chi connectivity index (χ2v) is 6.08. The Morgan fingerprint density at radius 2 is 1.81 bits per heavy atom. The normalized spacial score (nSPS) is 14.4. The van der Waals surface area contributed by atoms with E-state index in [9.17, 15) is 14.7 Å². The Bertz CT molecular complexity index is 341. The van der Waals surface area contributed by atoms with Crippen LogP contribution in [-0.4, -0.2) is 68.1 Å². The summed E-state index contributed by atoms with van der Waals surface area (Å²) in [4.78, 5) is 25.2. The third kappa shape index (κ3) is 6.77. The number of urea groups is 1. The van der Waals surface area contributed by atoms with Crippen molar-refractivity contribution in [3.63, 3.8) is 0 Å². The smallest absolute Gasteiger partial charge is 0.326 e. The highest BCUT2D eigenvalue weighted by Gasteiger charge is 2.34. The molecule has 124 valence electrons. The Labute approximate surface area is 126 Å². The van der Waals surface area contributed by atoms with E-state index in [1.807, 2.05) is 6.92 Å². The van der Waals surface area contributed by atoms with Gasteiger partial charge in [0.15, 0.2) is 0 Å². The second-order valence-electron chi connectivity index (χ2n) is 6.08. The van der Waals surface area contributed by atoms with Gasteiger partial charge in [-0.3, -0.25) is 0 Å². The zero-order valence-corrected chi connectivity index (χ0v) is 13.8. The monoisotopic (exact) mass is 304 g/mol. The Morgan fingerprint density at radius 1 is 1.24 bits per heavy atom. The quantitative estimate of drug-likeness (QED) is 0.703. The molecule has 7 heteroatoms. The van der Waals surface area contributed by atoms with Crippen LogP contribution < -0.4 is 5.32 Å². The maximum atomic E-state index is 12.4. The fourth-order valence-corrected chi connectivity index (χ4v) is 1.90. The van der Waals surface area contributed by atoms with Crippen molar-refractivity contribution in [2.24, 2.45) is 5.41 Å². The van der Waals surface area contributed by atoms with Gasteiger partial charge in [0.05, 0.1) is 19.3 Å². The minimum Gasteiger partial charge on any atom is -0.480 e. The average molecular weight is 304 g/mol. The largest absolute Gasteiger partial charge is 0.480 e. The van der Waals surface area contributed by atoms with Gasteiger partial charge in [-0.1, -0.05) is 20.8 Å². The number of nitrogens with one attached hydrogen (secondary N) is 1. The van der Waals surface area contributed by atoms with Gasteiger partial charge >= 0.3 is 12.0 Å². The lowest BCUT2D eigenvalue weighted by Crippen LogP contribution is -2.56. The van der Waals surface area contributed by atoms with Crippen LogP contribution in [0.1, 0.15) is 27.7 Å².